The Morgan fingerprint density at radius 3 is 2.29 bits per heavy atom. The first kappa shape index (κ1) is 16.2. The lowest BCUT2D eigenvalue weighted by Crippen LogP contribution is -2.16. The summed E-state index contributed by atoms with van der Waals surface area (Å²) in [5, 5.41) is 4.44. The van der Waals surface area contributed by atoms with E-state index in [1.54, 1.807) is 6.07 Å². The van der Waals surface area contributed by atoms with Crippen LogP contribution in [-0.2, 0) is 13.0 Å². The van der Waals surface area contributed by atoms with Crippen LogP contribution in [-0.4, -0.2) is 16.5 Å². The van der Waals surface area contributed by atoms with Crippen molar-refractivity contribution in [3.8, 4) is 0 Å². The highest BCUT2D eigenvalue weighted by molar-refractivity contribution is 6.42. The van der Waals surface area contributed by atoms with Crippen molar-refractivity contribution in [3.63, 3.8) is 0 Å². The van der Waals surface area contributed by atoms with Crippen molar-refractivity contribution in [2.24, 2.45) is 0 Å². The van der Waals surface area contributed by atoms with E-state index in [1.165, 1.54) is 5.56 Å². The van der Waals surface area contributed by atoms with Crippen LogP contribution in [0.2, 0.25) is 10.0 Å². The Balaban J connectivity index is 2.22. The highest BCUT2D eigenvalue weighted by Crippen LogP contribution is 2.23. The maximum atomic E-state index is 6.04. The number of nitrogens with zero attached hydrogens (tertiary/aromatic N) is 2. The highest BCUT2D eigenvalue weighted by atomic mass is 35.5. The Morgan fingerprint density at radius 1 is 1.05 bits per heavy atom. The second-order valence-corrected chi connectivity index (χ2v) is 5.81. The van der Waals surface area contributed by atoms with Gasteiger partial charge in [0.25, 0.3) is 0 Å². The number of halogens is 2. The van der Waals surface area contributed by atoms with Gasteiger partial charge in [0.05, 0.1) is 10.0 Å². The summed E-state index contributed by atoms with van der Waals surface area (Å²) in [4.78, 5) is 9.21. The monoisotopic (exact) mass is 323 g/mol. The molecule has 0 radical (unpaired) electrons. The third-order valence-electron chi connectivity index (χ3n) is 3.37. The Morgan fingerprint density at radius 2 is 1.71 bits per heavy atom. The molecule has 0 atom stereocenters. The van der Waals surface area contributed by atoms with Crippen LogP contribution < -0.4 is 5.32 Å². The van der Waals surface area contributed by atoms with E-state index in [-0.39, 0.29) is 0 Å². The predicted octanol–water partition coefficient (Wildman–Crippen LogP) is 4.10. The molecule has 1 aromatic heterocycles. The van der Waals surface area contributed by atoms with E-state index in [0.717, 1.165) is 35.9 Å². The van der Waals surface area contributed by atoms with Crippen LogP contribution in [0, 0.1) is 13.8 Å². The summed E-state index contributed by atoms with van der Waals surface area (Å²) in [6, 6.07) is 5.62. The minimum absolute atomic E-state index is 0.561. The molecule has 0 spiro atoms. The average Bonchev–Trinajstić information content (AvgIpc) is 2.42. The zero-order valence-electron chi connectivity index (χ0n) is 12.5. The van der Waals surface area contributed by atoms with Crippen LogP contribution in [0.4, 0.5) is 0 Å². The van der Waals surface area contributed by atoms with Crippen LogP contribution in [0.25, 0.3) is 0 Å². The van der Waals surface area contributed by atoms with Gasteiger partial charge in [0, 0.05) is 29.9 Å². The molecule has 1 aromatic carbocycles. The molecule has 2 aromatic rings. The largest absolute Gasteiger partial charge is 0.313 e. The third-order valence-corrected chi connectivity index (χ3v) is 4.10. The number of nitrogens with one attached hydrogen (secondary N) is 1. The summed E-state index contributed by atoms with van der Waals surface area (Å²) >= 11 is 12.0. The molecule has 3 nitrogen and oxygen atoms in total. The van der Waals surface area contributed by atoms with Crippen LogP contribution in [0.5, 0.6) is 0 Å². The lowest BCUT2D eigenvalue weighted by molar-refractivity contribution is 0.706. The molecule has 0 saturated heterocycles. The lowest BCUT2D eigenvalue weighted by atomic mass is 10.1. The SMILES string of the molecule is CCNCc1c(C)nc(Cc2ccc(Cl)c(Cl)c2)nc1C. The van der Waals surface area contributed by atoms with Gasteiger partial charge in [-0.25, -0.2) is 9.97 Å². The zero-order valence-corrected chi connectivity index (χ0v) is 14.0. The molecule has 0 bridgehead atoms. The smallest absolute Gasteiger partial charge is 0.133 e. The molecule has 0 aliphatic heterocycles. The van der Waals surface area contributed by atoms with Crippen LogP contribution in [0.15, 0.2) is 18.2 Å². The normalized spacial score (nSPS) is 10.9. The van der Waals surface area contributed by atoms with Gasteiger partial charge >= 0.3 is 0 Å². The van der Waals surface area contributed by atoms with Crippen molar-refractivity contribution in [1.29, 1.82) is 0 Å². The number of hydrogen-bond acceptors (Lipinski definition) is 3. The van der Waals surface area contributed by atoms with Crippen molar-refractivity contribution < 1.29 is 0 Å². The molecule has 1 N–H and O–H groups in total. The predicted molar refractivity (Wildman–Crippen MR) is 88.2 cm³/mol. The van der Waals surface area contributed by atoms with Gasteiger partial charge in [0.2, 0.25) is 0 Å². The van der Waals surface area contributed by atoms with Gasteiger partial charge in [0.1, 0.15) is 5.82 Å². The molecule has 1 heterocycles. The van der Waals surface area contributed by atoms with E-state index in [1.807, 2.05) is 26.0 Å². The molecule has 0 aliphatic rings. The van der Waals surface area contributed by atoms with Gasteiger partial charge in [-0.05, 0) is 38.1 Å². The Labute approximate surface area is 135 Å². The summed E-state index contributed by atoms with van der Waals surface area (Å²) in [5.74, 6) is 0.809. The molecular formula is C16H19Cl2N3. The fraction of sp³-hybridized carbons (Fsp3) is 0.375. The van der Waals surface area contributed by atoms with Gasteiger partial charge in [-0.2, -0.15) is 0 Å². The summed E-state index contributed by atoms with van der Waals surface area (Å²) in [5.41, 5.74) is 4.29. The molecule has 5 heteroatoms. The topological polar surface area (TPSA) is 37.8 Å². The van der Waals surface area contributed by atoms with Gasteiger partial charge in [-0.15, -0.1) is 0 Å². The molecule has 0 unspecified atom stereocenters. The fourth-order valence-corrected chi connectivity index (χ4v) is 2.55. The van der Waals surface area contributed by atoms with Gasteiger partial charge in [-0.1, -0.05) is 36.2 Å². The van der Waals surface area contributed by atoms with Crippen molar-refractivity contribution in [3.05, 3.63) is 56.6 Å². The minimum Gasteiger partial charge on any atom is -0.313 e. The molecule has 0 amide bonds. The van der Waals surface area contributed by atoms with E-state index in [9.17, 15) is 0 Å². The number of benzene rings is 1. The Bertz CT molecular complexity index is 618. The van der Waals surface area contributed by atoms with E-state index >= 15 is 0 Å². The van der Waals surface area contributed by atoms with E-state index in [0.29, 0.717) is 16.5 Å². The lowest BCUT2D eigenvalue weighted by Gasteiger charge is -2.11. The highest BCUT2D eigenvalue weighted by Gasteiger charge is 2.09. The first-order valence-electron chi connectivity index (χ1n) is 6.99. The first-order chi connectivity index (χ1) is 10.0. The molecular weight excluding hydrogens is 305 g/mol. The number of aromatic nitrogens is 2. The number of aryl methyl sites for hydroxylation is 2. The zero-order chi connectivity index (χ0) is 15.4. The molecule has 0 saturated carbocycles. The minimum atomic E-state index is 0.561. The van der Waals surface area contributed by atoms with Crippen LogP contribution >= 0.6 is 23.2 Å². The van der Waals surface area contributed by atoms with E-state index < -0.39 is 0 Å². The molecule has 112 valence electrons. The Hall–Kier alpha value is -1.16. The van der Waals surface area contributed by atoms with Crippen molar-refractivity contribution in [1.82, 2.24) is 15.3 Å². The molecule has 21 heavy (non-hydrogen) atoms. The summed E-state index contributed by atoms with van der Waals surface area (Å²) in [6.07, 6.45) is 0.653. The quantitative estimate of drug-likeness (QED) is 0.900. The van der Waals surface area contributed by atoms with Gasteiger partial charge in [0.15, 0.2) is 0 Å². The van der Waals surface area contributed by atoms with E-state index in [2.05, 4.69) is 22.2 Å². The molecule has 0 fully saturated rings. The fourth-order valence-electron chi connectivity index (χ4n) is 2.23. The summed E-state index contributed by atoms with van der Waals surface area (Å²) in [6.45, 7) is 7.88. The van der Waals surface area contributed by atoms with Crippen molar-refractivity contribution in [2.75, 3.05) is 6.54 Å². The van der Waals surface area contributed by atoms with Crippen LogP contribution in [0.3, 0.4) is 0 Å². The molecule has 0 aliphatic carbocycles. The summed E-state index contributed by atoms with van der Waals surface area (Å²) < 4.78 is 0. The first-order valence-corrected chi connectivity index (χ1v) is 7.74. The van der Waals surface area contributed by atoms with Crippen LogP contribution in [0.1, 0.15) is 35.3 Å². The molecule has 2 rings (SSSR count). The second kappa shape index (κ2) is 7.21. The van der Waals surface area contributed by atoms with Crippen molar-refractivity contribution >= 4 is 23.2 Å². The Kier molecular flexibility index (Phi) is 5.57. The van der Waals surface area contributed by atoms with Crippen molar-refractivity contribution in [2.45, 2.75) is 33.7 Å². The standard InChI is InChI=1S/C16H19Cl2N3/c1-4-19-9-13-10(2)20-16(21-11(13)3)8-12-5-6-14(17)15(18)7-12/h5-7,19H,4,8-9H2,1-3H3. The second-order valence-electron chi connectivity index (χ2n) is 4.99. The average molecular weight is 324 g/mol. The van der Waals surface area contributed by atoms with Gasteiger partial charge < -0.3 is 5.32 Å². The number of rotatable bonds is 5. The maximum Gasteiger partial charge on any atom is 0.133 e. The third kappa shape index (κ3) is 4.16. The van der Waals surface area contributed by atoms with E-state index in [4.69, 9.17) is 23.2 Å². The van der Waals surface area contributed by atoms with Gasteiger partial charge in [-0.3, -0.25) is 0 Å². The maximum absolute atomic E-state index is 6.04. The number of hydrogen-bond donors (Lipinski definition) is 1. The summed E-state index contributed by atoms with van der Waals surface area (Å²) in [7, 11) is 0.